The Bertz CT molecular complexity index is 1240. The summed E-state index contributed by atoms with van der Waals surface area (Å²) >= 11 is 0. The molecule has 0 saturated carbocycles. The van der Waals surface area contributed by atoms with Crippen molar-refractivity contribution in [3.05, 3.63) is 35.9 Å². The molecule has 2 rings (SSSR count). The van der Waals surface area contributed by atoms with E-state index in [1.807, 2.05) is 110 Å². The first-order valence-corrected chi connectivity index (χ1v) is 19.0. The second-order valence-corrected chi connectivity index (χ2v) is 16.1. The Labute approximate surface area is 308 Å². The lowest BCUT2D eigenvalue weighted by atomic mass is 9.84. The lowest BCUT2D eigenvalue weighted by Crippen LogP contribution is -2.54. The number of likely N-dealkylation sites (N-methyl/N-ethyl adjacent to an activating group) is 2. The van der Waals surface area contributed by atoms with E-state index < -0.39 is 36.2 Å². The van der Waals surface area contributed by atoms with E-state index in [9.17, 15) is 24.3 Å². The molecule has 1 aromatic rings. The van der Waals surface area contributed by atoms with Crippen molar-refractivity contribution in [2.75, 3.05) is 41.9 Å². The number of carbonyl (C=O) groups excluding carboxylic acids is 4. The largest absolute Gasteiger partial charge is 0.388 e. The second-order valence-electron chi connectivity index (χ2n) is 16.1. The number of aliphatic hydroxyl groups is 1. The Kier molecular flexibility index (Phi) is 17.9. The average Bonchev–Trinajstić information content (AvgIpc) is 3.55. The number of methoxy groups -OCH3 is 2. The number of ketones is 2. The van der Waals surface area contributed by atoms with Gasteiger partial charge in [0.2, 0.25) is 11.8 Å². The Morgan fingerprint density at radius 2 is 1.43 bits per heavy atom. The van der Waals surface area contributed by atoms with Crippen molar-refractivity contribution in [3.63, 3.8) is 0 Å². The number of likely N-dealkylation sites (tertiary alicyclic amines) is 1. The molecule has 1 saturated heterocycles. The van der Waals surface area contributed by atoms with Crippen molar-refractivity contribution in [1.29, 1.82) is 0 Å². The Morgan fingerprint density at radius 3 is 1.92 bits per heavy atom. The van der Waals surface area contributed by atoms with Gasteiger partial charge in [-0.25, -0.2) is 0 Å². The van der Waals surface area contributed by atoms with Crippen LogP contribution in [0.5, 0.6) is 0 Å². The van der Waals surface area contributed by atoms with Crippen molar-refractivity contribution in [2.24, 2.45) is 35.5 Å². The Hall–Kier alpha value is -2.66. The zero-order valence-corrected chi connectivity index (χ0v) is 33.8. The third-order valence-electron chi connectivity index (χ3n) is 11.1. The minimum Gasteiger partial charge on any atom is -0.388 e. The third kappa shape index (κ3) is 11.7. The minimum absolute atomic E-state index is 0.0121. The number of aliphatic hydroxyl groups excluding tert-OH is 1. The summed E-state index contributed by atoms with van der Waals surface area (Å²) in [5.74, 6) is -1.42. The molecule has 1 fully saturated rings. The van der Waals surface area contributed by atoms with Crippen LogP contribution in [0.2, 0.25) is 0 Å². The molecule has 10 nitrogen and oxygen atoms in total. The van der Waals surface area contributed by atoms with Crippen LogP contribution in [0.3, 0.4) is 0 Å². The Balaban J connectivity index is 2.21. The highest BCUT2D eigenvalue weighted by Gasteiger charge is 2.43. The number of nitrogens with zero attached hydrogens (tertiary/aromatic N) is 3. The second kappa shape index (κ2) is 20.5. The van der Waals surface area contributed by atoms with Gasteiger partial charge in [-0.2, -0.15) is 0 Å². The van der Waals surface area contributed by atoms with Crippen LogP contribution in [0.4, 0.5) is 0 Å². The summed E-state index contributed by atoms with van der Waals surface area (Å²) in [6.07, 6.45) is 0.0610. The van der Waals surface area contributed by atoms with Crippen LogP contribution in [-0.2, 0) is 28.7 Å². The summed E-state index contributed by atoms with van der Waals surface area (Å²) in [6.45, 7) is 16.3. The fraction of sp³-hybridized carbons (Fsp3) is 0.756. The molecule has 9 atom stereocenters. The smallest absolute Gasteiger partial charge is 0.226 e. The first kappa shape index (κ1) is 44.5. The van der Waals surface area contributed by atoms with Crippen LogP contribution in [0, 0.1) is 35.5 Å². The SMILES string of the molecule is CO[C@H]([C@@H](C)C(=O)C[C@H](C)[C@@H](O)c1ccccc1)[C@@H]1CCCN1C(=O)C[C@@H](OC)[C@H](C(C)C)N(C)C(=O)[C@@H](CC(=O)[C@H](C(C)C)N(C)C)C(C)C. The van der Waals surface area contributed by atoms with E-state index in [-0.39, 0.29) is 78.4 Å². The molecule has 0 aliphatic carbocycles. The van der Waals surface area contributed by atoms with Crippen molar-refractivity contribution < 1.29 is 33.8 Å². The molecule has 0 bridgehead atoms. The highest BCUT2D eigenvalue weighted by Crippen LogP contribution is 2.32. The van der Waals surface area contributed by atoms with Gasteiger partial charge in [0.25, 0.3) is 0 Å². The van der Waals surface area contributed by atoms with Gasteiger partial charge in [-0.05, 0) is 56.2 Å². The van der Waals surface area contributed by atoms with E-state index >= 15 is 0 Å². The molecule has 0 unspecified atom stereocenters. The van der Waals surface area contributed by atoms with Crippen LogP contribution >= 0.6 is 0 Å². The minimum atomic E-state index is -0.760. The summed E-state index contributed by atoms with van der Waals surface area (Å²) < 4.78 is 11.9. The van der Waals surface area contributed by atoms with Crippen molar-refractivity contribution >= 4 is 23.4 Å². The zero-order valence-electron chi connectivity index (χ0n) is 33.8. The molecule has 1 heterocycles. The summed E-state index contributed by atoms with van der Waals surface area (Å²) in [7, 11) is 8.71. The highest BCUT2D eigenvalue weighted by molar-refractivity contribution is 5.90. The van der Waals surface area contributed by atoms with Gasteiger partial charge >= 0.3 is 0 Å². The standard InChI is InChI=1S/C41H69N3O7/c1-25(2)31(23-34(46)37(26(3)4)42(9)10)41(49)43(11)38(27(5)6)35(50-12)24-36(47)44-21-17-20-32(44)40(51-13)29(8)33(45)22-28(7)39(48)30-18-15-14-16-19-30/h14-16,18-19,25-29,31-32,35,37-40,48H,17,20-24H2,1-13H3/t28-,29-,31-,32-,35+,37-,38-,39+,40+/m0/s1. The van der Waals surface area contributed by atoms with Crippen LogP contribution in [-0.4, -0.2) is 115 Å². The molecular formula is C41H69N3O7. The predicted octanol–water partition coefficient (Wildman–Crippen LogP) is 5.66. The van der Waals surface area contributed by atoms with Crippen molar-refractivity contribution in [2.45, 2.75) is 124 Å². The lowest BCUT2D eigenvalue weighted by molar-refractivity contribution is -0.149. The van der Waals surface area contributed by atoms with E-state index in [1.165, 1.54) is 0 Å². The first-order chi connectivity index (χ1) is 23.9. The quantitative estimate of drug-likeness (QED) is 0.173. The summed E-state index contributed by atoms with van der Waals surface area (Å²) in [5.41, 5.74) is 0.776. The number of hydrogen-bond acceptors (Lipinski definition) is 8. The molecule has 1 aromatic carbocycles. The number of Topliss-reactive ketones (excluding diaryl/α,β-unsaturated/α-hetero) is 2. The molecule has 1 N–H and O–H groups in total. The number of benzene rings is 1. The molecule has 0 aromatic heterocycles. The molecule has 10 heteroatoms. The monoisotopic (exact) mass is 716 g/mol. The lowest BCUT2D eigenvalue weighted by Gasteiger charge is -2.40. The average molecular weight is 716 g/mol. The van der Waals surface area contributed by atoms with E-state index in [1.54, 1.807) is 26.2 Å². The molecule has 0 spiro atoms. The van der Waals surface area contributed by atoms with Crippen LogP contribution in [0.15, 0.2) is 30.3 Å². The zero-order chi connectivity index (χ0) is 38.7. The number of carbonyl (C=O) groups is 4. The fourth-order valence-electron chi connectivity index (χ4n) is 8.28. The molecule has 1 aliphatic heterocycles. The number of rotatable bonds is 21. The number of ether oxygens (including phenoxy) is 2. The topological polar surface area (TPSA) is 117 Å². The van der Waals surface area contributed by atoms with Gasteiger partial charge in [0.15, 0.2) is 5.78 Å². The molecule has 0 radical (unpaired) electrons. The van der Waals surface area contributed by atoms with Crippen LogP contribution in [0.1, 0.15) is 99.2 Å². The van der Waals surface area contributed by atoms with E-state index in [0.29, 0.717) is 13.0 Å². The molecule has 1 aliphatic rings. The maximum atomic E-state index is 14.2. The van der Waals surface area contributed by atoms with E-state index in [0.717, 1.165) is 12.0 Å². The van der Waals surface area contributed by atoms with Crippen molar-refractivity contribution in [1.82, 2.24) is 14.7 Å². The molecule has 290 valence electrons. The van der Waals surface area contributed by atoms with Gasteiger partial charge in [-0.15, -0.1) is 0 Å². The van der Waals surface area contributed by atoms with Gasteiger partial charge in [-0.1, -0.05) is 85.7 Å². The fourth-order valence-corrected chi connectivity index (χ4v) is 8.28. The number of amides is 2. The van der Waals surface area contributed by atoms with Gasteiger partial charge in [0.05, 0.1) is 42.9 Å². The first-order valence-electron chi connectivity index (χ1n) is 19.0. The Morgan fingerprint density at radius 1 is 0.824 bits per heavy atom. The highest BCUT2D eigenvalue weighted by atomic mass is 16.5. The van der Waals surface area contributed by atoms with E-state index in [4.69, 9.17) is 9.47 Å². The van der Waals surface area contributed by atoms with Gasteiger partial charge in [0.1, 0.15) is 5.78 Å². The molecular weight excluding hydrogens is 646 g/mol. The maximum Gasteiger partial charge on any atom is 0.226 e. The van der Waals surface area contributed by atoms with Crippen LogP contribution in [0.25, 0.3) is 0 Å². The van der Waals surface area contributed by atoms with Gasteiger partial charge < -0.3 is 24.4 Å². The normalized spacial score (nSPS) is 19.9. The van der Waals surface area contributed by atoms with Crippen molar-refractivity contribution in [3.8, 4) is 0 Å². The number of hydrogen-bond donors (Lipinski definition) is 1. The van der Waals surface area contributed by atoms with Gasteiger partial charge in [-0.3, -0.25) is 24.1 Å². The maximum absolute atomic E-state index is 14.2. The summed E-state index contributed by atoms with van der Waals surface area (Å²) in [5, 5.41) is 10.9. The van der Waals surface area contributed by atoms with Crippen LogP contribution < -0.4 is 0 Å². The third-order valence-corrected chi connectivity index (χ3v) is 11.1. The molecule has 2 amide bonds. The van der Waals surface area contributed by atoms with Gasteiger partial charge in [0, 0.05) is 52.5 Å². The summed E-state index contributed by atoms with van der Waals surface area (Å²) in [6, 6.07) is 8.38. The van der Waals surface area contributed by atoms with E-state index in [2.05, 4.69) is 0 Å². The molecule has 51 heavy (non-hydrogen) atoms. The summed E-state index contributed by atoms with van der Waals surface area (Å²) in [4.78, 5) is 60.7. The predicted molar refractivity (Wildman–Crippen MR) is 202 cm³/mol.